The topological polar surface area (TPSA) is 55.1 Å². The van der Waals surface area contributed by atoms with Crippen LogP contribution in [0.1, 0.15) is 27.0 Å². The molecule has 0 spiro atoms. The molecule has 0 saturated heterocycles. The zero-order chi connectivity index (χ0) is 19.8. The average Bonchev–Trinajstić information content (AvgIpc) is 3.07. The van der Waals surface area contributed by atoms with Gasteiger partial charge in [-0.2, -0.15) is 0 Å². The summed E-state index contributed by atoms with van der Waals surface area (Å²) in [5.41, 5.74) is 6.55. The van der Waals surface area contributed by atoms with Gasteiger partial charge in [-0.05, 0) is 86.0 Å². The van der Waals surface area contributed by atoms with Gasteiger partial charge >= 0.3 is 0 Å². The van der Waals surface area contributed by atoms with E-state index < -0.39 is 0 Å². The van der Waals surface area contributed by atoms with Crippen LogP contribution in [0.5, 0.6) is 0 Å². The number of hydrogen-bond acceptors (Lipinski definition) is 3. The molecule has 1 heterocycles. The van der Waals surface area contributed by atoms with Crippen LogP contribution in [0.3, 0.4) is 0 Å². The minimum absolute atomic E-state index is 0.302. The van der Waals surface area contributed by atoms with E-state index in [1.165, 1.54) is 24.3 Å². The maximum atomic E-state index is 13.1. The Bertz CT molecular complexity index is 1150. The van der Waals surface area contributed by atoms with Gasteiger partial charge in [-0.1, -0.05) is 6.07 Å². The first-order valence-corrected chi connectivity index (χ1v) is 8.96. The summed E-state index contributed by atoms with van der Waals surface area (Å²) in [7, 11) is 0. The van der Waals surface area contributed by atoms with Crippen molar-refractivity contribution in [2.45, 2.75) is 20.8 Å². The minimum Gasteiger partial charge on any atom is -0.436 e. The fraction of sp³-hybridized carbons (Fsp3) is 0.130. The highest BCUT2D eigenvalue weighted by atomic mass is 19.1. The van der Waals surface area contributed by atoms with Crippen molar-refractivity contribution in [1.29, 1.82) is 0 Å². The summed E-state index contributed by atoms with van der Waals surface area (Å²) in [6.07, 6.45) is 0. The molecule has 0 aliphatic rings. The molecule has 28 heavy (non-hydrogen) atoms. The van der Waals surface area contributed by atoms with Gasteiger partial charge in [0.25, 0.3) is 5.91 Å². The Morgan fingerprint density at radius 3 is 2.39 bits per heavy atom. The molecule has 140 valence electrons. The number of oxazole rings is 1. The van der Waals surface area contributed by atoms with Crippen molar-refractivity contribution < 1.29 is 13.6 Å². The van der Waals surface area contributed by atoms with Crippen molar-refractivity contribution in [2.24, 2.45) is 0 Å². The minimum atomic E-state index is -0.379. The van der Waals surface area contributed by atoms with Crippen LogP contribution in [0.4, 0.5) is 10.1 Å². The second-order valence-corrected chi connectivity index (χ2v) is 6.91. The van der Waals surface area contributed by atoms with E-state index in [2.05, 4.69) is 10.3 Å². The Balaban J connectivity index is 1.67. The number of carbonyl (C=O) groups is 1. The SMILES string of the molecule is Cc1cc2nc(-c3ccc(C)c(NC(=O)c4ccc(F)cc4)c3)oc2cc1C. The van der Waals surface area contributed by atoms with Crippen LogP contribution in [0.15, 0.2) is 59.0 Å². The highest BCUT2D eigenvalue weighted by Gasteiger charge is 2.13. The predicted octanol–water partition coefficient (Wildman–Crippen LogP) is 5.81. The van der Waals surface area contributed by atoms with Crippen LogP contribution in [-0.2, 0) is 0 Å². The lowest BCUT2D eigenvalue weighted by molar-refractivity contribution is 0.102. The quantitative estimate of drug-likeness (QED) is 0.492. The number of rotatable bonds is 3. The maximum absolute atomic E-state index is 13.1. The summed E-state index contributed by atoms with van der Waals surface area (Å²) in [6.45, 7) is 5.98. The zero-order valence-electron chi connectivity index (χ0n) is 15.8. The van der Waals surface area contributed by atoms with E-state index in [0.717, 1.165) is 33.4 Å². The van der Waals surface area contributed by atoms with Crippen LogP contribution >= 0.6 is 0 Å². The molecule has 4 aromatic rings. The Labute approximate surface area is 162 Å². The van der Waals surface area contributed by atoms with Crippen LogP contribution in [-0.4, -0.2) is 10.9 Å². The lowest BCUT2D eigenvalue weighted by Gasteiger charge is -2.09. The number of fused-ring (bicyclic) bond motifs is 1. The Hall–Kier alpha value is -3.47. The molecule has 0 aliphatic heterocycles. The smallest absolute Gasteiger partial charge is 0.255 e. The molecule has 5 heteroatoms. The molecule has 1 N–H and O–H groups in total. The van der Waals surface area contributed by atoms with Gasteiger partial charge in [0, 0.05) is 16.8 Å². The second-order valence-electron chi connectivity index (χ2n) is 6.91. The van der Waals surface area contributed by atoms with E-state index in [-0.39, 0.29) is 11.7 Å². The van der Waals surface area contributed by atoms with E-state index >= 15 is 0 Å². The van der Waals surface area contributed by atoms with E-state index in [1.54, 1.807) is 0 Å². The van der Waals surface area contributed by atoms with Crippen molar-refractivity contribution in [1.82, 2.24) is 4.98 Å². The average molecular weight is 374 g/mol. The summed E-state index contributed by atoms with van der Waals surface area (Å²) in [5, 5.41) is 2.88. The third-order valence-corrected chi connectivity index (χ3v) is 4.84. The van der Waals surface area contributed by atoms with Gasteiger partial charge < -0.3 is 9.73 Å². The van der Waals surface area contributed by atoms with Crippen molar-refractivity contribution in [2.75, 3.05) is 5.32 Å². The van der Waals surface area contributed by atoms with Crippen molar-refractivity contribution in [3.05, 3.63) is 82.7 Å². The summed E-state index contributed by atoms with van der Waals surface area (Å²) >= 11 is 0. The predicted molar refractivity (Wildman–Crippen MR) is 108 cm³/mol. The Morgan fingerprint density at radius 2 is 1.64 bits per heavy atom. The van der Waals surface area contributed by atoms with Crippen LogP contribution in [0.25, 0.3) is 22.6 Å². The fourth-order valence-corrected chi connectivity index (χ4v) is 2.99. The Morgan fingerprint density at radius 1 is 0.929 bits per heavy atom. The zero-order valence-corrected chi connectivity index (χ0v) is 15.8. The number of aromatic nitrogens is 1. The fourth-order valence-electron chi connectivity index (χ4n) is 2.99. The first-order valence-electron chi connectivity index (χ1n) is 8.96. The van der Waals surface area contributed by atoms with E-state index in [1.807, 2.05) is 51.1 Å². The van der Waals surface area contributed by atoms with Gasteiger partial charge in [0.1, 0.15) is 11.3 Å². The van der Waals surface area contributed by atoms with E-state index in [0.29, 0.717) is 17.1 Å². The molecule has 0 bridgehead atoms. The number of nitrogens with one attached hydrogen (secondary N) is 1. The molecule has 4 rings (SSSR count). The maximum Gasteiger partial charge on any atom is 0.255 e. The molecule has 0 saturated carbocycles. The van der Waals surface area contributed by atoms with Crippen molar-refractivity contribution in [3.8, 4) is 11.5 Å². The van der Waals surface area contributed by atoms with E-state index in [4.69, 9.17) is 4.42 Å². The highest BCUT2D eigenvalue weighted by Crippen LogP contribution is 2.29. The molecule has 3 aromatic carbocycles. The van der Waals surface area contributed by atoms with E-state index in [9.17, 15) is 9.18 Å². The standard InChI is InChI=1S/C23H19FN2O2/c1-13-4-5-17(23-26-20-10-14(2)15(3)11-21(20)28-23)12-19(13)25-22(27)16-6-8-18(24)9-7-16/h4-12H,1-3H3,(H,25,27). The second kappa shape index (κ2) is 6.93. The molecule has 1 amide bonds. The van der Waals surface area contributed by atoms with Crippen LogP contribution in [0.2, 0.25) is 0 Å². The molecule has 0 radical (unpaired) electrons. The first kappa shape index (κ1) is 17.9. The van der Waals surface area contributed by atoms with Gasteiger partial charge in [0.2, 0.25) is 5.89 Å². The molecule has 0 fully saturated rings. The summed E-state index contributed by atoms with van der Waals surface area (Å²) in [6, 6.07) is 15.1. The Kier molecular flexibility index (Phi) is 4.43. The number of benzene rings is 3. The lowest BCUT2D eigenvalue weighted by Crippen LogP contribution is -2.12. The number of aryl methyl sites for hydroxylation is 3. The first-order chi connectivity index (χ1) is 13.4. The number of hydrogen-bond donors (Lipinski definition) is 1. The molecule has 4 nitrogen and oxygen atoms in total. The molecule has 0 atom stereocenters. The highest BCUT2D eigenvalue weighted by molar-refractivity contribution is 6.04. The number of nitrogens with zero attached hydrogens (tertiary/aromatic N) is 1. The van der Waals surface area contributed by atoms with Crippen LogP contribution < -0.4 is 5.32 Å². The number of halogens is 1. The van der Waals surface area contributed by atoms with Gasteiger partial charge in [0.15, 0.2) is 5.58 Å². The monoisotopic (exact) mass is 374 g/mol. The number of anilines is 1. The van der Waals surface area contributed by atoms with Crippen LogP contribution in [0, 0.1) is 26.6 Å². The molecule has 0 unspecified atom stereocenters. The van der Waals surface area contributed by atoms with Gasteiger partial charge in [-0.25, -0.2) is 9.37 Å². The summed E-state index contributed by atoms with van der Waals surface area (Å²) in [5.74, 6) is -0.183. The van der Waals surface area contributed by atoms with Gasteiger partial charge in [0.05, 0.1) is 0 Å². The van der Waals surface area contributed by atoms with Gasteiger partial charge in [-0.15, -0.1) is 0 Å². The molecular weight excluding hydrogens is 355 g/mol. The van der Waals surface area contributed by atoms with Crippen molar-refractivity contribution in [3.63, 3.8) is 0 Å². The largest absolute Gasteiger partial charge is 0.436 e. The summed E-state index contributed by atoms with van der Waals surface area (Å²) in [4.78, 5) is 17.1. The normalized spacial score (nSPS) is 11.0. The van der Waals surface area contributed by atoms with Crippen molar-refractivity contribution >= 4 is 22.7 Å². The lowest BCUT2D eigenvalue weighted by atomic mass is 10.1. The third kappa shape index (κ3) is 3.39. The molecular formula is C23H19FN2O2. The molecule has 1 aromatic heterocycles. The third-order valence-electron chi connectivity index (χ3n) is 4.84. The number of amides is 1. The molecule has 0 aliphatic carbocycles. The number of carbonyl (C=O) groups excluding carboxylic acids is 1. The van der Waals surface area contributed by atoms with Gasteiger partial charge in [-0.3, -0.25) is 4.79 Å². The summed E-state index contributed by atoms with van der Waals surface area (Å²) < 4.78 is 19.0.